The van der Waals surface area contributed by atoms with Gasteiger partial charge in [0.2, 0.25) is 0 Å². The Morgan fingerprint density at radius 3 is 2.38 bits per heavy atom. The molecule has 0 saturated carbocycles. The van der Waals surface area contributed by atoms with Gasteiger partial charge in [-0.05, 0) is 35.9 Å². The minimum absolute atomic E-state index is 0.0566. The van der Waals surface area contributed by atoms with E-state index in [1.165, 1.54) is 4.90 Å². The van der Waals surface area contributed by atoms with E-state index in [9.17, 15) is 4.79 Å². The van der Waals surface area contributed by atoms with Crippen molar-refractivity contribution in [2.75, 3.05) is 46.8 Å². The predicted molar refractivity (Wildman–Crippen MR) is 102 cm³/mol. The van der Waals surface area contributed by atoms with Crippen LogP contribution in [-0.2, 0) is 11.3 Å². The van der Waals surface area contributed by atoms with Gasteiger partial charge >= 0.3 is 0 Å². The third kappa shape index (κ3) is 5.39. The van der Waals surface area contributed by atoms with E-state index in [4.69, 9.17) is 14.2 Å². The van der Waals surface area contributed by atoms with Crippen molar-refractivity contribution < 1.29 is 19.0 Å². The SMILES string of the molecule is COCCOc1ccc(CNc2ccc(C(=O)N(C)C)cc2OC)cc1. The topological polar surface area (TPSA) is 60.0 Å². The van der Waals surface area contributed by atoms with Gasteiger partial charge in [-0.1, -0.05) is 12.1 Å². The summed E-state index contributed by atoms with van der Waals surface area (Å²) in [6.45, 7) is 1.73. The van der Waals surface area contributed by atoms with E-state index in [1.807, 2.05) is 30.3 Å². The number of nitrogens with one attached hydrogen (secondary N) is 1. The second-order valence-corrected chi connectivity index (χ2v) is 5.95. The van der Waals surface area contributed by atoms with Crippen molar-refractivity contribution in [2.24, 2.45) is 0 Å². The zero-order valence-corrected chi connectivity index (χ0v) is 15.7. The maximum Gasteiger partial charge on any atom is 0.253 e. The number of anilines is 1. The van der Waals surface area contributed by atoms with Gasteiger partial charge in [0.1, 0.15) is 18.1 Å². The van der Waals surface area contributed by atoms with Gasteiger partial charge in [0.25, 0.3) is 5.91 Å². The van der Waals surface area contributed by atoms with Gasteiger partial charge in [-0.2, -0.15) is 0 Å². The van der Waals surface area contributed by atoms with Gasteiger partial charge in [0, 0.05) is 33.3 Å². The Balaban J connectivity index is 1.99. The predicted octanol–water partition coefficient (Wildman–Crippen LogP) is 3.03. The summed E-state index contributed by atoms with van der Waals surface area (Å²) in [5, 5.41) is 3.34. The number of nitrogens with zero attached hydrogens (tertiary/aromatic N) is 1. The van der Waals surface area contributed by atoms with E-state index in [0.717, 1.165) is 17.0 Å². The van der Waals surface area contributed by atoms with Gasteiger partial charge in [0.05, 0.1) is 19.4 Å². The van der Waals surface area contributed by atoms with Gasteiger partial charge in [0.15, 0.2) is 0 Å². The monoisotopic (exact) mass is 358 g/mol. The fourth-order valence-corrected chi connectivity index (χ4v) is 2.37. The number of hydrogen-bond acceptors (Lipinski definition) is 5. The van der Waals surface area contributed by atoms with Crippen LogP contribution in [0.5, 0.6) is 11.5 Å². The molecule has 1 amide bonds. The van der Waals surface area contributed by atoms with E-state index < -0.39 is 0 Å². The molecule has 0 radical (unpaired) electrons. The van der Waals surface area contributed by atoms with E-state index in [-0.39, 0.29) is 5.91 Å². The molecule has 0 aromatic heterocycles. The second kappa shape index (κ2) is 9.68. The van der Waals surface area contributed by atoms with Gasteiger partial charge in [-0.25, -0.2) is 0 Å². The smallest absolute Gasteiger partial charge is 0.253 e. The Morgan fingerprint density at radius 1 is 1.04 bits per heavy atom. The van der Waals surface area contributed by atoms with Crippen LogP contribution in [0.3, 0.4) is 0 Å². The first kappa shape index (κ1) is 19.6. The van der Waals surface area contributed by atoms with Crippen molar-refractivity contribution in [3.8, 4) is 11.5 Å². The van der Waals surface area contributed by atoms with Crippen molar-refractivity contribution in [3.05, 3.63) is 53.6 Å². The molecule has 2 aromatic rings. The summed E-state index contributed by atoms with van der Waals surface area (Å²) in [4.78, 5) is 13.6. The molecule has 0 bridgehead atoms. The van der Waals surface area contributed by atoms with Crippen molar-refractivity contribution in [3.63, 3.8) is 0 Å². The Morgan fingerprint density at radius 2 is 1.77 bits per heavy atom. The maximum absolute atomic E-state index is 12.1. The molecule has 0 spiro atoms. The van der Waals surface area contributed by atoms with Crippen LogP contribution in [0.2, 0.25) is 0 Å². The van der Waals surface area contributed by atoms with Crippen molar-refractivity contribution in [1.29, 1.82) is 0 Å². The Labute approximate surface area is 154 Å². The average Bonchev–Trinajstić information content (AvgIpc) is 2.66. The van der Waals surface area contributed by atoms with E-state index in [0.29, 0.717) is 31.1 Å². The molecule has 0 atom stereocenters. The van der Waals surface area contributed by atoms with Crippen molar-refractivity contribution >= 4 is 11.6 Å². The molecule has 1 N–H and O–H groups in total. The highest BCUT2D eigenvalue weighted by atomic mass is 16.5. The molecule has 2 aromatic carbocycles. The van der Waals surface area contributed by atoms with Crippen molar-refractivity contribution in [2.45, 2.75) is 6.54 Å². The zero-order chi connectivity index (χ0) is 18.9. The number of rotatable bonds is 9. The van der Waals surface area contributed by atoms with Crippen LogP contribution in [-0.4, -0.2) is 52.3 Å². The van der Waals surface area contributed by atoms with E-state index >= 15 is 0 Å². The minimum atomic E-state index is -0.0566. The number of carbonyl (C=O) groups excluding carboxylic acids is 1. The maximum atomic E-state index is 12.1. The van der Waals surface area contributed by atoms with Crippen LogP contribution in [0, 0.1) is 0 Å². The lowest BCUT2D eigenvalue weighted by Crippen LogP contribution is -2.21. The van der Waals surface area contributed by atoms with Crippen LogP contribution >= 0.6 is 0 Å². The molecule has 140 valence electrons. The zero-order valence-electron chi connectivity index (χ0n) is 15.7. The highest BCUT2D eigenvalue weighted by Crippen LogP contribution is 2.26. The lowest BCUT2D eigenvalue weighted by atomic mass is 10.1. The fraction of sp³-hybridized carbons (Fsp3) is 0.350. The summed E-state index contributed by atoms with van der Waals surface area (Å²) in [5.41, 5.74) is 2.54. The van der Waals surface area contributed by atoms with E-state index in [2.05, 4.69) is 5.32 Å². The summed E-state index contributed by atoms with van der Waals surface area (Å²) in [6, 6.07) is 13.3. The van der Waals surface area contributed by atoms with Crippen LogP contribution < -0.4 is 14.8 Å². The van der Waals surface area contributed by atoms with Crippen molar-refractivity contribution in [1.82, 2.24) is 4.90 Å². The molecule has 0 saturated heterocycles. The Hall–Kier alpha value is -2.73. The van der Waals surface area contributed by atoms with Gasteiger partial charge < -0.3 is 24.4 Å². The normalized spacial score (nSPS) is 10.3. The quantitative estimate of drug-likeness (QED) is 0.698. The molecule has 2 rings (SSSR count). The Bertz CT molecular complexity index is 714. The number of benzene rings is 2. The summed E-state index contributed by atoms with van der Waals surface area (Å²) in [6.07, 6.45) is 0. The number of ether oxygens (including phenoxy) is 3. The summed E-state index contributed by atoms with van der Waals surface area (Å²) < 4.78 is 15.9. The number of hydrogen-bond donors (Lipinski definition) is 1. The molecular formula is C20H26N2O4. The standard InChI is InChI=1S/C20H26N2O4/c1-22(2)20(23)16-7-10-18(19(13-16)25-4)21-14-15-5-8-17(9-6-15)26-12-11-24-3/h5-10,13,21H,11-12,14H2,1-4H3. The molecule has 26 heavy (non-hydrogen) atoms. The lowest BCUT2D eigenvalue weighted by Gasteiger charge is -2.15. The number of methoxy groups -OCH3 is 2. The average molecular weight is 358 g/mol. The van der Waals surface area contributed by atoms with Crippen LogP contribution in [0.4, 0.5) is 5.69 Å². The highest BCUT2D eigenvalue weighted by molar-refractivity contribution is 5.95. The molecule has 0 unspecified atom stereocenters. The highest BCUT2D eigenvalue weighted by Gasteiger charge is 2.11. The molecule has 0 aliphatic rings. The van der Waals surface area contributed by atoms with Crippen LogP contribution in [0.15, 0.2) is 42.5 Å². The number of amides is 1. The first-order valence-corrected chi connectivity index (χ1v) is 8.39. The summed E-state index contributed by atoms with van der Waals surface area (Å²) in [5.74, 6) is 1.39. The lowest BCUT2D eigenvalue weighted by molar-refractivity contribution is 0.0827. The molecule has 0 heterocycles. The van der Waals surface area contributed by atoms with Crippen LogP contribution in [0.1, 0.15) is 15.9 Å². The molecule has 0 fully saturated rings. The summed E-state index contributed by atoms with van der Waals surface area (Å²) >= 11 is 0. The third-order valence-corrected chi connectivity index (χ3v) is 3.82. The molecule has 6 nitrogen and oxygen atoms in total. The molecular weight excluding hydrogens is 332 g/mol. The van der Waals surface area contributed by atoms with Gasteiger partial charge in [-0.3, -0.25) is 4.79 Å². The molecule has 6 heteroatoms. The van der Waals surface area contributed by atoms with Gasteiger partial charge in [-0.15, -0.1) is 0 Å². The molecule has 0 aliphatic heterocycles. The fourth-order valence-electron chi connectivity index (χ4n) is 2.37. The Kier molecular flexibility index (Phi) is 7.29. The second-order valence-electron chi connectivity index (χ2n) is 5.95. The summed E-state index contributed by atoms with van der Waals surface area (Å²) in [7, 11) is 6.69. The third-order valence-electron chi connectivity index (χ3n) is 3.82. The molecule has 0 aliphatic carbocycles. The first-order valence-electron chi connectivity index (χ1n) is 8.39. The minimum Gasteiger partial charge on any atom is -0.495 e. The van der Waals surface area contributed by atoms with Crippen LogP contribution in [0.25, 0.3) is 0 Å². The number of carbonyl (C=O) groups is 1. The van der Waals surface area contributed by atoms with E-state index in [1.54, 1.807) is 40.4 Å². The first-order chi connectivity index (χ1) is 12.5. The largest absolute Gasteiger partial charge is 0.495 e.